The van der Waals surface area contributed by atoms with Gasteiger partial charge in [0, 0.05) is 13.1 Å². The van der Waals surface area contributed by atoms with Crippen LogP contribution in [0.1, 0.15) is 26.0 Å². The van der Waals surface area contributed by atoms with Crippen LogP contribution in [0.25, 0.3) is 0 Å². The minimum Gasteiger partial charge on any atom is -0.364 e. The van der Waals surface area contributed by atoms with Gasteiger partial charge in [0.1, 0.15) is 5.69 Å². The van der Waals surface area contributed by atoms with Crippen LogP contribution >= 0.6 is 0 Å². The fourth-order valence-electron chi connectivity index (χ4n) is 2.11. The van der Waals surface area contributed by atoms with E-state index < -0.39 is 0 Å². The van der Waals surface area contributed by atoms with Crippen LogP contribution in [0.5, 0.6) is 0 Å². The minimum absolute atomic E-state index is 0.111. The van der Waals surface area contributed by atoms with Gasteiger partial charge in [-0.15, -0.1) is 0 Å². The Morgan fingerprint density at radius 1 is 1.65 bits per heavy atom. The maximum absolute atomic E-state index is 11.0. The summed E-state index contributed by atoms with van der Waals surface area (Å²) in [5.41, 5.74) is 0.586. The molecule has 0 saturated heterocycles. The van der Waals surface area contributed by atoms with Crippen molar-refractivity contribution in [2.24, 2.45) is 11.8 Å². The van der Waals surface area contributed by atoms with Crippen LogP contribution in [-0.4, -0.2) is 21.2 Å². The molecule has 94 valence electrons. The third-order valence-electron chi connectivity index (χ3n) is 3.39. The summed E-state index contributed by atoms with van der Waals surface area (Å²) in [6.07, 6.45) is 1.21. The molecule has 6 heteroatoms. The number of hydrogen-bond donors (Lipinski definition) is 1. The molecular weight excluding hydrogens is 220 g/mol. The molecule has 1 N–H and O–H groups in total. The number of nitrogens with zero attached hydrogens (tertiary/aromatic N) is 3. The summed E-state index contributed by atoms with van der Waals surface area (Å²) in [5, 5.41) is 18.4. The van der Waals surface area contributed by atoms with E-state index in [9.17, 15) is 10.1 Å². The zero-order chi connectivity index (χ0) is 12.6. The van der Waals surface area contributed by atoms with E-state index in [0.29, 0.717) is 24.0 Å². The lowest BCUT2D eigenvalue weighted by Gasteiger charge is -2.06. The summed E-state index contributed by atoms with van der Waals surface area (Å²) in [5.74, 6) is 1.94. The number of anilines is 1. The quantitative estimate of drug-likeness (QED) is 0.630. The van der Waals surface area contributed by atoms with Gasteiger partial charge in [0.25, 0.3) is 0 Å². The van der Waals surface area contributed by atoms with Crippen molar-refractivity contribution in [2.75, 3.05) is 11.9 Å². The molecule has 0 bridgehead atoms. The van der Waals surface area contributed by atoms with Gasteiger partial charge in [-0.1, -0.05) is 6.92 Å². The standard InChI is InChI=1S/C11H18N4O2/c1-4-14-11(12-6-9-5-7(9)2)10(15(16)17)8(3)13-14/h7,9,12H,4-6H2,1-3H3. The van der Waals surface area contributed by atoms with E-state index in [1.165, 1.54) is 6.42 Å². The van der Waals surface area contributed by atoms with Crippen molar-refractivity contribution in [1.29, 1.82) is 0 Å². The van der Waals surface area contributed by atoms with Crippen LogP contribution in [-0.2, 0) is 6.54 Å². The highest BCUT2D eigenvalue weighted by Gasteiger charge is 2.33. The van der Waals surface area contributed by atoms with E-state index in [0.717, 1.165) is 12.5 Å². The number of aryl methyl sites for hydroxylation is 2. The van der Waals surface area contributed by atoms with Crippen molar-refractivity contribution in [3.8, 4) is 0 Å². The second kappa shape index (κ2) is 4.35. The van der Waals surface area contributed by atoms with Crippen LogP contribution in [0, 0.1) is 28.9 Å². The molecule has 17 heavy (non-hydrogen) atoms. The monoisotopic (exact) mass is 238 g/mol. The zero-order valence-corrected chi connectivity index (χ0v) is 10.4. The van der Waals surface area contributed by atoms with Crippen LogP contribution in [0.2, 0.25) is 0 Å². The van der Waals surface area contributed by atoms with Gasteiger partial charge >= 0.3 is 5.69 Å². The Morgan fingerprint density at radius 2 is 2.29 bits per heavy atom. The lowest BCUT2D eigenvalue weighted by Crippen LogP contribution is -2.11. The molecule has 1 aromatic rings. The average Bonchev–Trinajstić information content (AvgIpc) is 2.85. The molecule has 1 fully saturated rings. The van der Waals surface area contributed by atoms with Gasteiger partial charge in [0.05, 0.1) is 4.92 Å². The number of aromatic nitrogens is 2. The van der Waals surface area contributed by atoms with E-state index >= 15 is 0 Å². The molecule has 0 aromatic carbocycles. The van der Waals surface area contributed by atoms with E-state index in [-0.39, 0.29) is 10.6 Å². The van der Waals surface area contributed by atoms with Crippen LogP contribution in [0.3, 0.4) is 0 Å². The molecule has 0 radical (unpaired) electrons. The second-order valence-electron chi connectivity index (χ2n) is 4.71. The van der Waals surface area contributed by atoms with Crippen molar-refractivity contribution in [3.63, 3.8) is 0 Å². The Labute approximate surface area is 100 Å². The highest BCUT2D eigenvalue weighted by atomic mass is 16.6. The smallest absolute Gasteiger partial charge is 0.333 e. The number of rotatable bonds is 5. The minimum atomic E-state index is -0.354. The first-order valence-corrected chi connectivity index (χ1v) is 6.00. The predicted molar refractivity (Wildman–Crippen MR) is 65.1 cm³/mol. The first kappa shape index (κ1) is 11.9. The van der Waals surface area contributed by atoms with Gasteiger partial charge < -0.3 is 5.32 Å². The summed E-state index contributed by atoms with van der Waals surface area (Å²) < 4.78 is 1.67. The summed E-state index contributed by atoms with van der Waals surface area (Å²) >= 11 is 0. The molecule has 1 aliphatic rings. The maximum atomic E-state index is 11.0. The van der Waals surface area contributed by atoms with Crippen LogP contribution in [0.4, 0.5) is 11.5 Å². The molecule has 2 unspecified atom stereocenters. The molecular formula is C11H18N4O2. The van der Waals surface area contributed by atoms with Crippen LogP contribution < -0.4 is 5.32 Å². The summed E-state index contributed by atoms with van der Waals surface area (Å²) in [6.45, 7) is 7.24. The Kier molecular flexibility index (Phi) is 3.04. The fourth-order valence-corrected chi connectivity index (χ4v) is 2.11. The first-order valence-electron chi connectivity index (χ1n) is 6.00. The molecule has 1 saturated carbocycles. The number of nitro groups is 1. The molecule has 1 aliphatic carbocycles. The van der Waals surface area contributed by atoms with Gasteiger partial charge in [-0.05, 0) is 32.1 Å². The van der Waals surface area contributed by atoms with E-state index in [4.69, 9.17) is 0 Å². The third kappa shape index (κ3) is 2.25. The molecule has 0 spiro atoms. The van der Waals surface area contributed by atoms with Crippen molar-refractivity contribution in [1.82, 2.24) is 9.78 Å². The van der Waals surface area contributed by atoms with Crippen molar-refractivity contribution in [3.05, 3.63) is 15.8 Å². The number of hydrogen-bond acceptors (Lipinski definition) is 4. The highest BCUT2D eigenvalue weighted by Crippen LogP contribution is 2.38. The molecule has 1 aromatic heterocycles. The summed E-state index contributed by atoms with van der Waals surface area (Å²) in [6, 6.07) is 0. The molecule has 6 nitrogen and oxygen atoms in total. The topological polar surface area (TPSA) is 73.0 Å². The SMILES string of the molecule is CCn1nc(C)c([N+](=O)[O-])c1NCC1CC1C. The number of nitrogens with one attached hydrogen (secondary N) is 1. The summed E-state index contributed by atoms with van der Waals surface area (Å²) in [7, 11) is 0. The highest BCUT2D eigenvalue weighted by molar-refractivity contribution is 5.59. The third-order valence-corrected chi connectivity index (χ3v) is 3.39. The van der Waals surface area contributed by atoms with Crippen molar-refractivity contribution >= 4 is 11.5 Å². The second-order valence-corrected chi connectivity index (χ2v) is 4.71. The van der Waals surface area contributed by atoms with Gasteiger partial charge in [0.2, 0.25) is 5.82 Å². The van der Waals surface area contributed by atoms with Gasteiger partial charge in [-0.25, -0.2) is 4.68 Å². The van der Waals surface area contributed by atoms with Gasteiger partial charge in [-0.3, -0.25) is 10.1 Å². The Morgan fingerprint density at radius 3 is 2.76 bits per heavy atom. The largest absolute Gasteiger partial charge is 0.364 e. The van der Waals surface area contributed by atoms with E-state index in [1.54, 1.807) is 11.6 Å². The maximum Gasteiger partial charge on any atom is 0.333 e. The fraction of sp³-hybridized carbons (Fsp3) is 0.727. The van der Waals surface area contributed by atoms with E-state index in [2.05, 4.69) is 17.3 Å². The molecule has 0 amide bonds. The van der Waals surface area contributed by atoms with E-state index in [1.807, 2.05) is 6.92 Å². The average molecular weight is 238 g/mol. The molecule has 2 atom stereocenters. The first-order chi connectivity index (χ1) is 8.04. The normalized spacial score (nSPS) is 22.5. The van der Waals surface area contributed by atoms with Crippen molar-refractivity contribution < 1.29 is 4.92 Å². The zero-order valence-electron chi connectivity index (χ0n) is 10.4. The Hall–Kier alpha value is -1.59. The predicted octanol–water partition coefficient (Wildman–Crippen LogP) is 2.19. The Balaban J connectivity index is 2.19. The van der Waals surface area contributed by atoms with Crippen molar-refractivity contribution in [2.45, 2.75) is 33.7 Å². The molecule has 0 aliphatic heterocycles. The van der Waals surface area contributed by atoms with Crippen LogP contribution in [0.15, 0.2) is 0 Å². The lowest BCUT2D eigenvalue weighted by molar-refractivity contribution is -0.384. The van der Waals surface area contributed by atoms with Gasteiger partial charge in [0.15, 0.2) is 0 Å². The molecule has 2 rings (SSSR count). The lowest BCUT2D eigenvalue weighted by atomic mass is 10.3. The molecule has 1 heterocycles. The summed E-state index contributed by atoms with van der Waals surface area (Å²) in [4.78, 5) is 10.7. The van der Waals surface area contributed by atoms with Gasteiger partial charge in [-0.2, -0.15) is 5.10 Å². The Bertz CT molecular complexity index is 441.